The van der Waals surface area contributed by atoms with E-state index in [1.165, 1.54) is 0 Å². The summed E-state index contributed by atoms with van der Waals surface area (Å²) in [5.74, 6) is 0.236. The molecule has 0 bridgehead atoms. The van der Waals surface area contributed by atoms with Crippen LogP contribution in [0.3, 0.4) is 0 Å². The molecule has 0 aromatic heterocycles. The van der Waals surface area contributed by atoms with E-state index in [1.807, 2.05) is 4.90 Å². The van der Waals surface area contributed by atoms with Crippen molar-refractivity contribution < 1.29 is 9.90 Å². The number of piperazine rings is 1. The standard InChI is InChI=1S/C15H23N3O2/c1-11-10-17(2)7-8-18(11)15(20)14(16)9-12-3-5-13(19)6-4-12/h3-6,11,14,19H,7-10,16H2,1-2H3/t11?,14-/m1/s1. The van der Waals surface area contributed by atoms with Gasteiger partial charge in [0.05, 0.1) is 6.04 Å². The van der Waals surface area contributed by atoms with Gasteiger partial charge in [0.2, 0.25) is 5.91 Å². The van der Waals surface area contributed by atoms with Crippen LogP contribution in [-0.4, -0.2) is 59.6 Å². The molecule has 1 saturated heterocycles. The summed E-state index contributed by atoms with van der Waals surface area (Å²) >= 11 is 0. The number of hydrogen-bond acceptors (Lipinski definition) is 4. The number of nitrogens with zero attached hydrogens (tertiary/aromatic N) is 2. The third-order valence-corrected chi connectivity index (χ3v) is 3.82. The minimum atomic E-state index is -0.523. The van der Waals surface area contributed by atoms with Crippen molar-refractivity contribution in [3.8, 4) is 5.75 Å². The summed E-state index contributed by atoms with van der Waals surface area (Å²) < 4.78 is 0. The Bertz CT molecular complexity index is 461. The van der Waals surface area contributed by atoms with E-state index >= 15 is 0 Å². The van der Waals surface area contributed by atoms with Gasteiger partial charge in [0.1, 0.15) is 5.75 Å². The molecule has 2 atom stereocenters. The van der Waals surface area contributed by atoms with Crippen LogP contribution in [0.4, 0.5) is 0 Å². The van der Waals surface area contributed by atoms with Crippen molar-refractivity contribution in [3.63, 3.8) is 0 Å². The molecule has 2 rings (SSSR count). The lowest BCUT2D eigenvalue weighted by Crippen LogP contribution is -2.57. The first-order chi connectivity index (χ1) is 9.47. The van der Waals surface area contributed by atoms with Gasteiger partial charge in [0, 0.05) is 25.7 Å². The van der Waals surface area contributed by atoms with E-state index in [4.69, 9.17) is 5.73 Å². The van der Waals surface area contributed by atoms with Gasteiger partial charge in [0.15, 0.2) is 0 Å². The van der Waals surface area contributed by atoms with Gasteiger partial charge in [-0.25, -0.2) is 0 Å². The van der Waals surface area contributed by atoms with E-state index in [2.05, 4.69) is 18.9 Å². The Labute approximate surface area is 120 Å². The molecule has 1 aromatic rings. The highest BCUT2D eigenvalue weighted by Gasteiger charge is 2.29. The van der Waals surface area contributed by atoms with Gasteiger partial charge in [-0.2, -0.15) is 0 Å². The van der Waals surface area contributed by atoms with Crippen molar-refractivity contribution in [3.05, 3.63) is 29.8 Å². The largest absolute Gasteiger partial charge is 0.508 e. The Morgan fingerprint density at radius 1 is 1.40 bits per heavy atom. The molecule has 1 unspecified atom stereocenters. The van der Waals surface area contributed by atoms with Gasteiger partial charge in [-0.05, 0) is 38.1 Å². The van der Waals surface area contributed by atoms with Gasteiger partial charge < -0.3 is 20.6 Å². The first-order valence-electron chi connectivity index (χ1n) is 7.00. The van der Waals surface area contributed by atoms with Crippen molar-refractivity contribution in [2.75, 3.05) is 26.7 Å². The molecule has 20 heavy (non-hydrogen) atoms. The number of phenolic OH excluding ortho intramolecular Hbond substituents is 1. The second-order valence-corrected chi connectivity index (χ2v) is 5.62. The van der Waals surface area contributed by atoms with Crippen molar-refractivity contribution in [2.24, 2.45) is 5.73 Å². The molecular formula is C15H23N3O2. The highest BCUT2D eigenvalue weighted by atomic mass is 16.3. The monoisotopic (exact) mass is 277 g/mol. The van der Waals surface area contributed by atoms with Gasteiger partial charge in [0.25, 0.3) is 0 Å². The predicted molar refractivity (Wildman–Crippen MR) is 78.5 cm³/mol. The maximum atomic E-state index is 12.4. The lowest BCUT2D eigenvalue weighted by Gasteiger charge is -2.39. The van der Waals surface area contributed by atoms with Crippen molar-refractivity contribution >= 4 is 5.91 Å². The quantitative estimate of drug-likeness (QED) is 0.840. The lowest BCUT2D eigenvalue weighted by molar-refractivity contribution is -0.136. The zero-order valence-electron chi connectivity index (χ0n) is 12.1. The predicted octanol–water partition coefficient (Wildman–Crippen LogP) is 0.425. The number of aromatic hydroxyl groups is 1. The number of carbonyl (C=O) groups is 1. The number of carbonyl (C=O) groups excluding carboxylic acids is 1. The number of hydrogen-bond donors (Lipinski definition) is 2. The minimum absolute atomic E-state index is 0.0127. The van der Waals surface area contributed by atoms with Gasteiger partial charge in [-0.3, -0.25) is 4.79 Å². The van der Waals surface area contributed by atoms with Crippen LogP contribution < -0.4 is 5.73 Å². The first-order valence-corrected chi connectivity index (χ1v) is 7.00. The number of likely N-dealkylation sites (N-methyl/N-ethyl adjacent to an activating group) is 1. The zero-order chi connectivity index (χ0) is 14.7. The Balaban J connectivity index is 1.96. The third-order valence-electron chi connectivity index (χ3n) is 3.82. The molecule has 1 amide bonds. The highest BCUT2D eigenvalue weighted by Crippen LogP contribution is 2.14. The van der Waals surface area contributed by atoms with E-state index in [9.17, 15) is 9.90 Å². The summed E-state index contributed by atoms with van der Waals surface area (Å²) in [6.07, 6.45) is 0.498. The summed E-state index contributed by atoms with van der Waals surface area (Å²) in [5.41, 5.74) is 7.01. The van der Waals surface area contributed by atoms with Crippen LogP contribution >= 0.6 is 0 Å². The average Bonchev–Trinajstić information content (AvgIpc) is 2.40. The molecule has 0 spiro atoms. The summed E-state index contributed by atoms with van der Waals surface area (Å²) in [4.78, 5) is 16.5. The maximum absolute atomic E-state index is 12.4. The van der Waals surface area contributed by atoms with Crippen LogP contribution in [-0.2, 0) is 11.2 Å². The van der Waals surface area contributed by atoms with Crippen molar-refractivity contribution in [1.29, 1.82) is 0 Å². The normalized spacial score (nSPS) is 21.8. The third kappa shape index (κ3) is 3.49. The molecular weight excluding hydrogens is 254 g/mol. The van der Waals surface area contributed by atoms with Gasteiger partial charge in [-0.1, -0.05) is 12.1 Å². The Morgan fingerprint density at radius 3 is 2.65 bits per heavy atom. The lowest BCUT2D eigenvalue weighted by atomic mass is 10.0. The molecule has 1 aliphatic heterocycles. The minimum Gasteiger partial charge on any atom is -0.508 e. The van der Waals surface area contributed by atoms with Crippen molar-refractivity contribution in [2.45, 2.75) is 25.4 Å². The number of phenols is 1. The molecule has 3 N–H and O–H groups in total. The number of rotatable bonds is 3. The van der Waals surface area contributed by atoms with Gasteiger partial charge >= 0.3 is 0 Å². The van der Waals surface area contributed by atoms with E-state index < -0.39 is 6.04 Å². The molecule has 5 heteroatoms. The second-order valence-electron chi connectivity index (χ2n) is 5.62. The molecule has 5 nitrogen and oxygen atoms in total. The van der Waals surface area contributed by atoms with Crippen LogP contribution in [0.5, 0.6) is 5.75 Å². The summed E-state index contributed by atoms with van der Waals surface area (Å²) in [7, 11) is 2.06. The summed E-state index contributed by atoms with van der Waals surface area (Å²) in [6, 6.07) is 6.51. The Kier molecular flexibility index (Phi) is 4.62. The van der Waals surface area contributed by atoms with E-state index in [0.717, 1.165) is 25.2 Å². The maximum Gasteiger partial charge on any atom is 0.240 e. The first kappa shape index (κ1) is 14.8. The summed E-state index contributed by atoms with van der Waals surface area (Å²) in [6.45, 7) is 4.57. The van der Waals surface area contributed by atoms with Crippen LogP contribution in [0.1, 0.15) is 12.5 Å². The SMILES string of the molecule is CC1CN(C)CCN1C(=O)[C@H](N)Cc1ccc(O)cc1. The number of benzene rings is 1. The Morgan fingerprint density at radius 2 is 2.05 bits per heavy atom. The number of nitrogens with two attached hydrogens (primary N) is 1. The molecule has 0 radical (unpaired) electrons. The van der Waals surface area contributed by atoms with Crippen LogP contribution in [0.25, 0.3) is 0 Å². The molecule has 0 saturated carbocycles. The average molecular weight is 277 g/mol. The molecule has 0 aliphatic carbocycles. The smallest absolute Gasteiger partial charge is 0.240 e. The number of amides is 1. The van der Waals surface area contributed by atoms with Gasteiger partial charge in [-0.15, -0.1) is 0 Å². The fraction of sp³-hybridized carbons (Fsp3) is 0.533. The van der Waals surface area contributed by atoms with E-state index in [1.54, 1.807) is 24.3 Å². The fourth-order valence-electron chi connectivity index (χ4n) is 2.65. The molecule has 1 fully saturated rings. The van der Waals surface area contributed by atoms with Crippen LogP contribution in [0.2, 0.25) is 0 Å². The van der Waals surface area contributed by atoms with Crippen LogP contribution in [0, 0.1) is 0 Å². The second kappa shape index (κ2) is 6.24. The fourth-order valence-corrected chi connectivity index (χ4v) is 2.65. The van der Waals surface area contributed by atoms with E-state index in [-0.39, 0.29) is 17.7 Å². The zero-order valence-corrected chi connectivity index (χ0v) is 12.1. The van der Waals surface area contributed by atoms with Crippen molar-refractivity contribution in [1.82, 2.24) is 9.80 Å². The molecule has 1 heterocycles. The highest BCUT2D eigenvalue weighted by molar-refractivity contribution is 5.82. The van der Waals surface area contributed by atoms with E-state index in [0.29, 0.717) is 6.42 Å². The topological polar surface area (TPSA) is 69.8 Å². The molecule has 110 valence electrons. The molecule has 1 aromatic carbocycles. The molecule has 1 aliphatic rings. The Hall–Kier alpha value is -1.59. The van der Waals surface area contributed by atoms with Crippen LogP contribution in [0.15, 0.2) is 24.3 Å². The summed E-state index contributed by atoms with van der Waals surface area (Å²) in [5, 5.41) is 9.25.